The molecule has 5 rings (SSSR count). The number of thioether (sulfide) groups is 1. The van der Waals surface area contributed by atoms with Crippen LogP contribution in [-0.2, 0) is 15.3 Å². The van der Waals surface area contributed by atoms with Crippen molar-refractivity contribution in [2.24, 2.45) is 4.99 Å². The van der Waals surface area contributed by atoms with Gasteiger partial charge in [-0.25, -0.2) is 23.6 Å². The Balaban J connectivity index is 1.56. The highest BCUT2D eigenvalue weighted by Gasteiger charge is 2.33. The van der Waals surface area contributed by atoms with Crippen molar-refractivity contribution in [1.29, 1.82) is 5.26 Å². The number of halogens is 2. The molecule has 0 fully saturated rings. The smallest absolute Gasteiger partial charge is 0.338 e. The molecule has 44 heavy (non-hydrogen) atoms. The van der Waals surface area contributed by atoms with Crippen molar-refractivity contribution in [3.8, 4) is 11.8 Å². The van der Waals surface area contributed by atoms with E-state index in [1.165, 1.54) is 36.2 Å². The minimum absolute atomic E-state index is 0.209. The van der Waals surface area contributed by atoms with Crippen LogP contribution in [0.3, 0.4) is 0 Å². The Morgan fingerprint density at radius 2 is 1.93 bits per heavy atom. The van der Waals surface area contributed by atoms with Gasteiger partial charge in [-0.1, -0.05) is 47.7 Å². The highest BCUT2D eigenvalue weighted by Crippen LogP contribution is 2.33. The van der Waals surface area contributed by atoms with Crippen LogP contribution >= 0.6 is 23.1 Å². The van der Waals surface area contributed by atoms with Gasteiger partial charge >= 0.3 is 5.97 Å². The summed E-state index contributed by atoms with van der Waals surface area (Å²) in [7, 11) is 2.82. The van der Waals surface area contributed by atoms with Gasteiger partial charge in [0.1, 0.15) is 22.5 Å². The van der Waals surface area contributed by atoms with E-state index in [0.717, 1.165) is 22.9 Å². The number of nitrogens with zero attached hydrogens (tertiary/aromatic N) is 4. The molecule has 0 saturated carbocycles. The molecule has 2 aromatic carbocycles. The van der Waals surface area contributed by atoms with Crippen LogP contribution in [-0.4, -0.2) is 29.7 Å². The van der Waals surface area contributed by atoms with Crippen molar-refractivity contribution in [2.75, 3.05) is 14.2 Å². The number of rotatable bonds is 8. The van der Waals surface area contributed by atoms with Gasteiger partial charge in [-0.3, -0.25) is 9.36 Å². The number of carbonyl (C=O) groups is 1. The third-order valence-electron chi connectivity index (χ3n) is 7.05. The van der Waals surface area contributed by atoms with Gasteiger partial charge in [-0.15, -0.1) is 11.8 Å². The number of pyridine rings is 1. The molecule has 1 atom stereocenters. The maximum atomic E-state index is 13.9. The van der Waals surface area contributed by atoms with Crippen molar-refractivity contribution < 1.29 is 23.0 Å². The van der Waals surface area contributed by atoms with Crippen LogP contribution in [0.5, 0.6) is 5.75 Å². The van der Waals surface area contributed by atoms with Crippen molar-refractivity contribution in [1.82, 2.24) is 9.55 Å². The first kappa shape index (κ1) is 30.8. The van der Waals surface area contributed by atoms with Crippen LogP contribution in [0.1, 0.15) is 52.9 Å². The fourth-order valence-corrected chi connectivity index (χ4v) is 7.05. The quantitative estimate of drug-likeness (QED) is 0.194. The standard InChI is InChI=1S/C32H26F2N4O4S2/c1-17-12-23(28(33)34)37-29(22(17)15-35)43-16-21-13-19(10-11-24(21)41-3)14-25-30(39)38-27(20-8-6-5-7-9-20)26(31(40)42-4)18(2)36-32(38)44-25/h5-14,27-28H,16H2,1-4H3. The van der Waals surface area contributed by atoms with Crippen molar-refractivity contribution >= 4 is 35.1 Å². The molecule has 12 heteroatoms. The first-order valence-corrected chi connectivity index (χ1v) is 15.1. The average Bonchev–Trinajstić information content (AvgIpc) is 3.32. The van der Waals surface area contributed by atoms with E-state index in [4.69, 9.17) is 9.47 Å². The van der Waals surface area contributed by atoms with Crippen LogP contribution in [0.4, 0.5) is 8.78 Å². The van der Waals surface area contributed by atoms with Crippen LogP contribution in [0.2, 0.25) is 0 Å². The molecule has 0 bridgehead atoms. The predicted molar refractivity (Wildman–Crippen MR) is 163 cm³/mol. The summed E-state index contributed by atoms with van der Waals surface area (Å²) in [5, 5.41) is 9.82. The molecule has 0 spiro atoms. The highest BCUT2D eigenvalue weighted by molar-refractivity contribution is 7.98. The maximum absolute atomic E-state index is 13.9. The number of hydrogen-bond acceptors (Lipinski definition) is 9. The fourth-order valence-electron chi connectivity index (χ4n) is 4.96. The molecule has 0 radical (unpaired) electrons. The van der Waals surface area contributed by atoms with Crippen molar-refractivity contribution in [2.45, 2.75) is 37.1 Å². The summed E-state index contributed by atoms with van der Waals surface area (Å²) in [6.07, 6.45) is -1.03. The number of hydrogen-bond donors (Lipinski definition) is 0. The molecule has 8 nitrogen and oxygen atoms in total. The molecule has 4 aromatic rings. The lowest BCUT2D eigenvalue weighted by Gasteiger charge is -2.24. The summed E-state index contributed by atoms with van der Waals surface area (Å²) in [5.74, 6) is 0.268. The van der Waals surface area contributed by atoms with E-state index in [1.807, 2.05) is 36.4 Å². The Kier molecular flexibility index (Phi) is 9.08. The van der Waals surface area contributed by atoms with Gasteiger partial charge in [0, 0.05) is 11.3 Å². The van der Waals surface area contributed by atoms with Gasteiger partial charge in [0.05, 0.1) is 41.6 Å². The van der Waals surface area contributed by atoms with Crippen LogP contribution in [0.15, 0.2) is 80.7 Å². The van der Waals surface area contributed by atoms with Crippen molar-refractivity contribution in [3.05, 3.63) is 119 Å². The number of benzene rings is 2. The lowest BCUT2D eigenvalue weighted by Crippen LogP contribution is -2.39. The van der Waals surface area contributed by atoms with Gasteiger partial charge < -0.3 is 9.47 Å². The Bertz CT molecular complexity index is 2010. The molecule has 0 saturated heterocycles. The van der Waals surface area contributed by atoms with Crippen molar-refractivity contribution in [3.63, 3.8) is 0 Å². The molecule has 3 heterocycles. The van der Waals surface area contributed by atoms with Crippen LogP contribution in [0.25, 0.3) is 6.08 Å². The van der Waals surface area contributed by atoms with E-state index >= 15 is 0 Å². The zero-order valence-electron chi connectivity index (χ0n) is 24.1. The number of thiazole rings is 1. The van der Waals surface area contributed by atoms with E-state index in [9.17, 15) is 23.6 Å². The number of aryl methyl sites for hydroxylation is 1. The number of fused-ring (bicyclic) bond motifs is 1. The second kappa shape index (κ2) is 13.0. The Morgan fingerprint density at radius 3 is 2.59 bits per heavy atom. The monoisotopic (exact) mass is 632 g/mol. The predicted octanol–water partition coefficient (Wildman–Crippen LogP) is 5.22. The molecular formula is C32H26F2N4O4S2. The van der Waals surface area contributed by atoms with Gasteiger partial charge in [0.25, 0.3) is 12.0 Å². The van der Waals surface area contributed by atoms with E-state index in [-0.39, 0.29) is 33.2 Å². The van der Waals surface area contributed by atoms with E-state index in [2.05, 4.69) is 16.0 Å². The normalized spacial score (nSPS) is 14.7. The van der Waals surface area contributed by atoms with E-state index in [1.54, 1.807) is 32.1 Å². The molecule has 1 aliphatic heterocycles. The summed E-state index contributed by atoms with van der Waals surface area (Å²) < 4.78 is 39.3. The summed E-state index contributed by atoms with van der Waals surface area (Å²) in [4.78, 5) is 35.7. The number of esters is 1. The van der Waals surface area contributed by atoms with Crippen LogP contribution in [0, 0.1) is 18.3 Å². The molecular weight excluding hydrogens is 607 g/mol. The van der Waals surface area contributed by atoms with Gasteiger partial charge in [0.2, 0.25) is 0 Å². The number of methoxy groups -OCH3 is 2. The third-order valence-corrected chi connectivity index (χ3v) is 9.05. The van der Waals surface area contributed by atoms with Gasteiger partial charge in [-0.05, 0) is 54.8 Å². The summed E-state index contributed by atoms with van der Waals surface area (Å²) in [6.45, 7) is 3.32. The molecule has 224 valence electrons. The minimum Gasteiger partial charge on any atom is -0.496 e. The number of nitriles is 1. The first-order valence-electron chi connectivity index (χ1n) is 13.3. The second-order valence-electron chi connectivity index (χ2n) is 9.80. The number of allylic oxidation sites excluding steroid dienone is 1. The van der Waals surface area contributed by atoms with Crippen LogP contribution < -0.4 is 19.6 Å². The Labute approximate surface area is 259 Å². The SMILES string of the molecule is COC(=O)C1=C(C)N=c2sc(=Cc3ccc(OC)c(CSc4nc(C(F)F)cc(C)c4C#N)c3)c(=O)n2C1c1ccccc1. The zero-order valence-corrected chi connectivity index (χ0v) is 25.8. The summed E-state index contributed by atoms with van der Waals surface area (Å²) in [5.41, 5.74) is 2.88. The number of carbonyl (C=O) groups excluding carboxylic acids is 1. The van der Waals surface area contributed by atoms with Gasteiger partial charge in [0.15, 0.2) is 4.80 Å². The minimum atomic E-state index is -2.76. The van der Waals surface area contributed by atoms with E-state index < -0.39 is 18.4 Å². The average molecular weight is 633 g/mol. The topological polar surface area (TPSA) is 107 Å². The number of alkyl halides is 2. The molecule has 0 amide bonds. The molecule has 1 unspecified atom stereocenters. The van der Waals surface area contributed by atoms with Gasteiger partial charge in [-0.2, -0.15) is 5.26 Å². The largest absolute Gasteiger partial charge is 0.496 e. The lowest BCUT2D eigenvalue weighted by molar-refractivity contribution is -0.136. The zero-order chi connectivity index (χ0) is 31.5. The number of ether oxygens (including phenoxy) is 2. The summed E-state index contributed by atoms with van der Waals surface area (Å²) >= 11 is 2.36. The third kappa shape index (κ3) is 5.93. The van der Waals surface area contributed by atoms with E-state index in [0.29, 0.717) is 31.9 Å². The molecule has 2 aromatic heterocycles. The molecule has 1 aliphatic rings. The first-order chi connectivity index (χ1) is 21.2. The maximum Gasteiger partial charge on any atom is 0.338 e. The highest BCUT2D eigenvalue weighted by atomic mass is 32.2. The Morgan fingerprint density at radius 1 is 1.18 bits per heavy atom. The lowest BCUT2D eigenvalue weighted by atomic mass is 9.96. The number of aromatic nitrogens is 2. The molecule has 0 N–H and O–H groups in total. The fraction of sp³-hybridized carbons (Fsp3) is 0.219. The Hall–Kier alpha value is -4.60. The summed E-state index contributed by atoms with van der Waals surface area (Å²) in [6, 6.07) is 17.2. The second-order valence-corrected chi connectivity index (χ2v) is 11.8. The molecule has 0 aliphatic carbocycles.